The van der Waals surface area contributed by atoms with E-state index in [0.29, 0.717) is 12.8 Å². The number of aliphatic hydroxyl groups is 1. The van der Waals surface area contributed by atoms with E-state index in [1.165, 1.54) is 0 Å². The molecule has 0 aliphatic heterocycles. The zero-order valence-corrected chi connectivity index (χ0v) is 11.8. The van der Waals surface area contributed by atoms with Crippen LogP contribution in [0.1, 0.15) is 26.7 Å². The number of hydrogen-bond acceptors (Lipinski definition) is 4. The third-order valence-electron chi connectivity index (χ3n) is 3.27. The lowest BCUT2D eigenvalue weighted by Crippen LogP contribution is -2.50. The van der Waals surface area contributed by atoms with E-state index >= 15 is 0 Å². The first-order valence-corrected chi connectivity index (χ1v) is 7.48. The summed E-state index contributed by atoms with van der Waals surface area (Å²) < 4.78 is 39.9. The van der Waals surface area contributed by atoms with Crippen LogP contribution in [0.5, 0.6) is 0 Å². The van der Waals surface area contributed by atoms with Crippen molar-refractivity contribution < 1.29 is 17.9 Å². The van der Waals surface area contributed by atoms with Gasteiger partial charge < -0.3 is 10.8 Å². The zero-order valence-electron chi connectivity index (χ0n) is 11.0. The fraction of sp³-hybridized carbons (Fsp3) is 0.500. The van der Waals surface area contributed by atoms with E-state index in [0.717, 1.165) is 18.2 Å². The van der Waals surface area contributed by atoms with Gasteiger partial charge in [0, 0.05) is 0 Å². The van der Waals surface area contributed by atoms with E-state index in [4.69, 9.17) is 5.73 Å². The molecule has 0 aromatic heterocycles. The van der Waals surface area contributed by atoms with Crippen LogP contribution in [-0.2, 0) is 10.0 Å². The molecular weight excluding hydrogens is 271 g/mol. The van der Waals surface area contributed by atoms with Gasteiger partial charge in [0.2, 0.25) is 10.0 Å². The number of halogens is 1. The van der Waals surface area contributed by atoms with Crippen LogP contribution in [0.25, 0.3) is 0 Å². The molecule has 0 spiro atoms. The Morgan fingerprint density at radius 2 is 1.95 bits per heavy atom. The molecule has 0 fully saturated rings. The topological polar surface area (TPSA) is 92.4 Å². The van der Waals surface area contributed by atoms with Gasteiger partial charge in [-0.2, -0.15) is 0 Å². The third-order valence-corrected chi connectivity index (χ3v) is 4.92. The molecule has 0 saturated carbocycles. The summed E-state index contributed by atoms with van der Waals surface area (Å²) in [5, 5.41) is 9.38. The highest BCUT2D eigenvalue weighted by Gasteiger charge is 2.32. The van der Waals surface area contributed by atoms with Gasteiger partial charge >= 0.3 is 0 Å². The number of benzene rings is 1. The first kappa shape index (κ1) is 15.9. The minimum atomic E-state index is -3.90. The Bertz CT molecular complexity index is 534. The van der Waals surface area contributed by atoms with E-state index in [2.05, 4.69) is 4.72 Å². The minimum Gasteiger partial charge on any atom is -0.398 e. The summed E-state index contributed by atoms with van der Waals surface area (Å²) in [5.74, 6) is -0.601. The fourth-order valence-electron chi connectivity index (χ4n) is 1.75. The molecule has 0 radical (unpaired) electrons. The van der Waals surface area contributed by atoms with Crippen molar-refractivity contribution in [3.05, 3.63) is 24.0 Å². The average Bonchev–Trinajstić information content (AvgIpc) is 2.35. The Labute approximate surface area is 112 Å². The quantitative estimate of drug-likeness (QED) is 0.687. The van der Waals surface area contributed by atoms with Crippen molar-refractivity contribution in [3.63, 3.8) is 0 Å². The summed E-state index contributed by atoms with van der Waals surface area (Å²) in [6.45, 7) is 3.23. The van der Waals surface area contributed by atoms with E-state index in [-0.39, 0.29) is 17.2 Å². The molecule has 7 heteroatoms. The molecule has 108 valence electrons. The smallest absolute Gasteiger partial charge is 0.243 e. The summed E-state index contributed by atoms with van der Waals surface area (Å²) in [4.78, 5) is -0.186. The number of aliphatic hydroxyl groups excluding tert-OH is 1. The molecule has 19 heavy (non-hydrogen) atoms. The number of sulfonamides is 1. The standard InChI is InChI=1S/C12H19FN2O3S/c1-3-12(4-2,8-16)15-19(17,18)11-6-5-9(13)7-10(11)14/h5-7,15-16H,3-4,8,14H2,1-2H3. The molecule has 5 nitrogen and oxygen atoms in total. The maximum absolute atomic E-state index is 12.9. The molecule has 1 rings (SSSR count). The SMILES string of the molecule is CCC(CC)(CO)NS(=O)(=O)c1ccc(F)cc1N. The molecule has 1 aromatic rings. The van der Waals surface area contributed by atoms with Crippen molar-refractivity contribution in [2.45, 2.75) is 37.1 Å². The van der Waals surface area contributed by atoms with E-state index in [9.17, 15) is 17.9 Å². The van der Waals surface area contributed by atoms with Crippen molar-refractivity contribution in [2.75, 3.05) is 12.3 Å². The normalized spacial score (nSPS) is 12.6. The van der Waals surface area contributed by atoms with Crippen molar-refractivity contribution in [1.29, 1.82) is 0 Å². The molecule has 0 saturated heterocycles. The van der Waals surface area contributed by atoms with Gasteiger partial charge in [-0.15, -0.1) is 0 Å². The number of anilines is 1. The Hall–Kier alpha value is -1.18. The lowest BCUT2D eigenvalue weighted by molar-refractivity contribution is 0.172. The Morgan fingerprint density at radius 1 is 1.37 bits per heavy atom. The summed E-state index contributed by atoms with van der Waals surface area (Å²) in [7, 11) is -3.90. The highest BCUT2D eigenvalue weighted by molar-refractivity contribution is 7.89. The van der Waals surface area contributed by atoms with Gasteiger partial charge in [0.1, 0.15) is 10.7 Å². The Morgan fingerprint density at radius 3 is 2.37 bits per heavy atom. The van der Waals surface area contributed by atoms with Crippen molar-refractivity contribution >= 4 is 15.7 Å². The van der Waals surface area contributed by atoms with E-state index < -0.39 is 21.4 Å². The second-order valence-electron chi connectivity index (χ2n) is 4.43. The summed E-state index contributed by atoms with van der Waals surface area (Å²) in [6.07, 6.45) is 0.862. The van der Waals surface area contributed by atoms with Crippen molar-refractivity contribution in [2.24, 2.45) is 0 Å². The molecule has 0 aliphatic rings. The first-order valence-electron chi connectivity index (χ1n) is 6.00. The largest absolute Gasteiger partial charge is 0.398 e. The Balaban J connectivity index is 3.17. The van der Waals surface area contributed by atoms with Crippen molar-refractivity contribution in [3.8, 4) is 0 Å². The van der Waals surface area contributed by atoms with Crippen LogP contribution in [-0.4, -0.2) is 25.7 Å². The van der Waals surface area contributed by atoms with Gasteiger partial charge in [-0.1, -0.05) is 13.8 Å². The van der Waals surface area contributed by atoms with Gasteiger partial charge in [-0.3, -0.25) is 0 Å². The van der Waals surface area contributed by atoms with Crippen LogP contribution < -0.4 is 10.5 Å². The van der Waals surface area contributed by atoms with Crippen LogP contribution in [0.4, 0.5) is 10.1 Å². The Kier molecular flexibility index (Phi) is 4.89. The van der Waals surface area contributed by atoms with Gasteiger partial charge in [0.05, 0.1) is 17.8 Å². The van der Waals surface area contributed by atoms with Crippen LogP contribution in [0.3, 0.4) is 0 Å². The zero-order chi connectivity index (χ0) is 14.7. The lowest BCUT2D eigenvalue weighted by Gasteiger charge is -2.30. The molecule has 4 N–H and O–H groups in total. The molecule has 0 aliphatic carbocycles. The number of nitrogens with one attached hydrogen (secondary N) is 1. The molecule has 0 heterocycles. The second kappa shape index (κ2) is 5.85. The number of nitrogen functional groups attached to an aromatic ring is 1. The highest BCUT2D eigenvalue weighted by atomic mass is 32.2. The molecular formula is C12H19FN2O3S. The van der Waals surface area contributed by atoms with Gasteiger partial charge in [-0.05, 0) is 31.0 Å². The number of nitrogens with two attached hydrogens (primary N) is 1. The third kappa shape index (κ3) is 3.43. The predicted octanol–water partition coefficient (Wildman–Crippen LogP) is 1.24. The van der Waals surface area contributed by atoms with Crippen LogP contribution in [0.15, 0.2) is 23.1 Å². The van der Waals surface area contributed by atoms with Crippen LogP contribution in [0, 0.1) is 5.82 Å². The number of hydrogen-bond donors (Lipinski definition) is 3. The molecule has 0 unspecified atom stereocenters. The second-order valence-corrected chi connectivity index (χ2v) is 6.08. The van der Waals surface area contributed by atoms with Crippen molar-refractivity contribution in [1.82, 2.24) is 4.72 Å². The molecule has 0 bridgehead atoms. The van der Waals surface area contributed by atoms with Gasteiger partial charge in [0.25, 0.3) is 0 Å². The maximum Gasteiger partial charge on any atom is 0.243 e. The molecule has 1 aromatic carbocycles. The highest BCUT2D eigenvalue weighted by Crippen LogP contribution is 2.23. The maximum atomic E-state index is 12.9. The lowest BCUT2D eigenvalue weighted by atomic mass is 9.96. The first-order chi connectivity index (χ1) is 8.80. The average molecular weight is 290 g/mol. The van der Waals surface area contributed by atoms with E-state index in [1.807, 2.05) is 0 Å². The van der Waals surface area contributed by atoms with Gasteiger partial charge in [-0.25, -0.2) is 17.5 Å². The molecule has 0 atom stereocenters. The fourth-order valence-corrected chi connectivity index (χ4v) is 3.40. The molecule has 0 amide bonds. The summed E-state index contributed by atoms with van der Waals surface area (Å²) >= 11 is 0. The van der Waals surface area contributed by atoms with Gasteiger partial charge in [0.15, 0.2) is 0 Å². The van der Waals surface area contributed by atoms with Crippen LogP contribution >= 0.6 is 0 Å². The summed E-state index contributed by atoms with van der Waals surface area (Å²) in [6, 6.07) is 3.09. The predicted molar refractivity (Wildman–Crippen MR) is 71.5 cm³/mol. The number of rotatable bonds is 6. The monoisotopic (exact) mass is 290 g/mol. The van der Waals surface area contributed by atoms with E-state index in [1.54, 1.807) is 13.8 Å². The van der Waals surface area contributed by atoms with Crippen LogP contribution in [0.2, 0.25) is 0 Å². The summed E-state index contributed by atoms with van der Waals surface area (Å²) in [5.41, 5.74) is 4.44. The minimum absolute atomic E-state index is 0.161.